The van der Waals surface area contributed by atoms with Crippen LogP contribution >= 0.6 is 0 Å². The molecule has 0 aromatic carbocycles. The maximum atomic E-state index is 11.3. The molecule has 2 heterocycles. The van der Waals surface area contributed by atoms with Gasteiger partial charge in [-0.25, -0.2) is 4.52 Å². The Kier molecular flexibility index (Phi) is 1.87. The molecular formula is C9H12N4O. The predicted molar refractivity (Wildman–Crippen MR) is 52.4 cm³/mol. The maximum Gasteiger partial charge on any atom is 0.252 e. The van der Waals surface area contributed by atoms with Crippen LogP contribution in [0.5, 0.6) is 0 Å². The van der Waals surface area contributed by atoms with Crippen LogP contribution in [0, 0.1) is 6.92 Å². The van der Waals surface area contributed by atoms with Gasteiger partial charge in [0.2, 0.25) is 5.78 Å². The van der Waals surface area contributed by atoms with Crippen LogP contribution in [0.25, 0.3) is 5.78 Å². The molecule has 0 bridgehead atoms. The molecule has 2 aromatic rings. The highest BCUT2D eigenvalue weighted by atomic mass is 16.1. The van der Waals surface area contributed by atoms with Crippen molar-refractivity contribution in [1.29, 1.82) is 0 Å². The van der Waals surface area contributed by atoms with Crippen molar-refractivity contribution in [3.63, 3.8) is 0 Å². The van der Waals surface area contributed by atoms with E-state index in [-0.39, 0.29) is 11.5 Å². The Bertz CT molecular complexity index is 523. The van der Waals surface area contributed by atoms with Crippen molar-refractivity contribution >= 4 is 5.78 Å². The van der Waals surface area contributed by atoms with Gasteiger partial charge in [-0.1, -0.05) is 13.8 Å². The molecule has 0 saturated heterocycles. The summed E-state index contributed by atoms with van der Waals surface area (Å²) in [5.74, 6) is 1.42. The zero-order valence-corrected chi connectivity index (χ0v) is 8.40. The van der Waals surface area contributed by atoms with Gasteiger partial charge in [0.05, 0.1) is 5.69 Å². The van der Waals surface area contributed by atoms with Crippen molar-refractivity contribution < 1.29 is 0 Å². The van der Waals surface area contributed by atoms with E-state index in [4.69, 9.17) is 0 Å². The van der Waals surface area contributed by atoms with Gasteiger partial charge >= 0.3 is 0 Å². The van der Waals surface area contributed by atoms with Crippen LogP contribution in [0.1, 0.15) is 31.3 Å². The van der Waals surface area contributed by atoms with Crippen molar-refractivity contribution in [2.24, 2.45) is 0 Å². The van der Waals surface area contributed by atoms with E-state index in [0.29, 0.717) is 11.6 Å². The van der Waals surface area contributed by atoms with E-state index in [0.717, 1.165) is 5.69 Å². The summed E-state index contributed by atoms with van der Waals surface area (Å²) in [6, 6.07) is 1.56. The molecular weight excluding hydrogens is 180 g/mol. The summed E-state index contributed by atoms with van der Waals surface area (Å²) in [7, 11) is 0. The number of rotatable bonds is 1. The third-order valence-corrected chi connectivity index (χ3v) is 2.06. The van der Waals surface area contributed by atoms with Gasteiger partial charge in [-0.2, -0.15) is 10.1 Å². The summed E-state index contributed by atoms with van der Waals surface area (Å²) in [6.07, 6.45) is 0. The highest BCUT2D eigenvalue weighted by Gasteiger charge is 2.09. The molecule has 0 amide bonds. The van der Waals surface area contributed by atoms with Crippen molar-refractivity contribution in [2.45, 2.75) is 26.7 Å². The number of nitrogens with zero attached hydrogens (tertiary/aromatic N) is 3. The number of H-pyrrole nitrogens is 1. The first-order valence-electron chi connectivity index (χ1n) is 4.54. The maximum absolute atomic E-state index is 11.3. The van der Waals surface area contributed by atoms with E-state index >= 15 is 0 Å². The number of aromatic nitrogens is 4. The Balaban J connectivity index is 2.86. The molecule has 2 rings (SSSR count). The molecule has 0 saturated carbocycles. The van der Waals surface area contributed by atoms with E-state index in [1.165, 1.54) is 0 Å². The van der Waals surface area contributed by atoms with Gasteiger partial charge in [-0.3, -0.25) is 9.78 Å². The van der Waals surface area contributed by atoms with Gasteiger partial charge in [0.15, 0.2) is 0 Å². The van der Waals surface area contributed by atoms with Crippen molar-refractivity contribution in [3.8, 4) is 0 Å². The minimum absolute atomic E-state index is 0.131. The van der Waals surface area contributed by atoms with Crippen LogP contribution in [0.2, 0.25) is 0 Å². The number of hydrogen-bond donors (Lipinski definition) is 1. The van der Waals surface area contributed by atoms with E-state index in [1.807, 2.05) is 13.8 Å². The zero-order valence-electron chi connectivity index (χ0n) is 8.40. The predicted octanol–water partition coefficient (Wildman–Crippen LogP) is 0.849. The SMILES string of the molecule is Cc1nc2[nH]c(=O)cc(C(C)C)n2n1. The molecule has 14 heavy (non-hydrogen) atoms. The van der Waals surface area contributed by atoms with E-state index in [9.17, 15) is 4.79 Å². The fourth-order valence-electron chi connectivity index (χ4n) is 1.43. The fourth-order valence-corrected chi connectivity index (χ4v) is 1.43. The quantitative estimate of drug-likeness (QED) is 0.728. The van der Waals surface area contributed by atoms with Gasteiger partial charge in [0.1, 0.15) is 5.82 Å². The largest absolute Gasteiger partial charge is 0.291 e. The number of aryl methyl sites for hydroxylation is 1. The average Bonchev–Trinajstić information content (AvgIpc) is 2.42. The molecule has 0 spiro atoms. The second kappa shape index (κ2) is 2.94. The number of aromatic amines is 1. The number of nitrogens with one attached hydrogen (secondary N) is 1. The fraction of sp³-hybridized carbons (Fsp3) is 0.444. The van der Waals surface area contributed by atoms with Gasteiger partial charge in [-0.15, -0.1) is 0 Å². The Morgan fingerprint density at radius 3 is 2.86 bits per heavy atom. The van der Waals surface area contributed by atoms with Crippen molar-refractivity contribution in [3.05, 3.63) is 27.9 Å². The lowest BCUT2D eigenvalue weighted by atomic mass is 10.1. The number of fused-ring (bicyclic) bond motifs is 1. The van der Waals surface area contributed by atoms with Gasteiger partial charge in [-0.05, 0) is 12.8 Å². The van der Waals surface area contributed by atoms with E-state index in [1.54, 1.807) is 17.5 Å². The van der Waals surface area contributed by atoms with Crippen LogP contribution in [-0.4, -0.2) is 19.6 Å². The average molecular weight is 192 g/mol. The molecule has 2 aromatic heterocycles. The minimum Gasteiger partial charge on any atom is -0.291 e. The third kappa shape index (κ3) is 1.30. The highest BCUT2D eigenvalue weighted by molar-refractivity contribution is 5.29. The van der Waals surface area contributed by atoms with E-state index in [2.05, 4.69) is 15.1 Å². The molecule has 0 aliphatic rings. The monoisotopic (exact) mass is 192 g/mol. The Hall–Kier alpha value is -1.65. The molecule has 5 heteroatoms. The summed E-state index contributed by atoms with van der Waals surface area (Å²) in [4.78, 5) is 18.0. The van der Waals surface area contributed by atoms with Gasteiger partial charge < -0.3 is 0 Å². The Morgan fingerprint density at radius 1 is 1.50 bits per heavy atom. The molecule has 0 radical (unpaired) electrons. The summed E-state index contributed by atoms with van der Waals surface area (Å²) in [6.45, 7) is 5.84. The second-order valence-corrected chi connectivity index (χ2v) is 3.61. The van der Waals surface area contributed by atoms with Crippen LogP contribution in [0.4, 0.5) is 0 Å². The normalized spacial score (nSPS) is 11.4. The highest BCUT2D eigenvalue weighted by Crippen LogP contribution is 2.11. The second-order valence-electron chi connectivity index (χ2n) is 3.61. The lowest BCUT2D eigenvalue weighted by Gasteiger charge is -2.05. The molecule has 0 aliphatic heterocycles. The van der Waals surface area contributed by atoms with Crippen LogP contribution in [0.15, 0.2) is 10.9 Å². The van der Waals surface area contributed by atoms with Gasteiger partial charge in [0.25, 0.3) is 5.56 Å². The van der Waals surface area contributed by atoms with Gasteiger partial charge in [0, 0.05) is 6.07 Å². The smallest absolute Gasteiger partial charge is 0.252 e. The lowest BCUT2D eigenvalue weighted by Crippen LogP contribution is -2.13. The Morgan fingerprint density at radius 2 is 2.21 bits per heavy atom. The Labute approximate surface area is 80.8 Å². The summed E-state index contributed by atoms with van der Waals surface area (Å²) >= 11 is 0. The third-order valence-electron chi connectivity index (χ3n) is 2.06. The summed E-state index contributed by atoms with van der Waals surface area (Å²) in [5.41, 5.74) is 0.748. The van der Waals surface area contributed by atoms with Crippen LogP contribution < -0.4 is 5.56 Å². The molecule has 0 fully saturated rings. The standard InChI is InChI=1S/C9H12N4O/c1-5(2)7-4-8(14)11-9-10-6(3)12-13(7)9/h4-5H,1-3H3,(H,10,11,12,14). The minimum atomic E-state index is -0.131. The van der Waals surface area contributed by atoms with Crippen LogP contribution in [-0.2, 0) is 0 Å². The molecule has 5 nitrogen and oxygen atoms in total. The van der Waals surface area contributed by atoms with Crippen molar-refractivity contribution in [1.82, 2.24) is 19.6 Å². The molecule has 0 aliphatic carbocycles. The molecule has 0 atom stereocenters. The first-order valence-corrected chi connectivity index (χ1v) is 4.54. The number of hydrogen-bond acceptors (Lipinski definition) is 3. The summed E-state index contributed by atoms with van der Waals surface area (Å²) in [5, 5.41) is 4.21. The van der Waals surface area contributed by atoms with Crippen molar-refractivity contribution in [2.75, 3.05) is 0 Å². The molecule has 74 valence electrons. The first kappa shape index (κ1) is 8.93. The first-order chi connectivity index (χ1) is 6.58. The van der Waals surface area contributed by atoms with E-state index < -0.39 is 0 Å². The topological polar surface area (TPSA) is 63.0 Å². The summed E-state index contributed by atoms with van der Waals surface area (Å²) < 4.78 is 1.68. The molecule has 1 N–H and O–H groups in total. The van der Waals surface area contributed by atoms with Crippen LogP contribution in [0.3, 0.4) is 0 Å². The zero-order chi connectivity index (χ0) is 10.3. The lowest BCUT2D eigenvalue weighted by molar-refractivity contribution is 0.741. The molecule has 0 unspecified atom stereocenters.